The van der Waals surface area contributed by atoms with Crippen LogP contribution in [0.5, 0.6) is 0 Å². The largest absolute Gasteiger partial charge is 0.391 e. The molecule has 8 heteroatoms. The number of nitrogens with one attached hydrogen (secondary N) is 1. The van der Waals surface area contributed by atoms with Gasteiger partial charge in [-0.05, 0) is 24.6 Å². The van der Waals surface area contributed by atoms with E-state index >= 15 is 0 Å². The lowest BCUT2D eigenvalue weighted by molar-refractivity contribution is 0.0954. The number of carbonyl (C=O) groups excluding carboxylic acids is 1. The molecule has 7 nitrogen and oxygen atoms in total. The first kappa shape index (κ1) is 17.0. The van der Waals surface area contributed by atoms with Crippen molar-refractivity contribution in [3.63, 3.8) is 0 Å². The summed E-state index contributed by atoms with van der Waals surface area (Å²) in [6.07, 6.45) is 1.19. The molecule has 3 heterocycles. The van der Waals surface area contributed by atoms with Gasteiger partial charge in [0.1, 0.15) is 0 Å². The van der Waals surface area contributed by atoms with Gasteiger partial charge in [-0.15, -0.1) is 11.3 Å². The molecule has 1 fully saturated rings. The van der Waals surface area contributed by atoms with E-state index < -0.39 is 0 Å². The molecule has 3 aromatic rings. The molecule has 0 radical (unpaired) electrons. The molecule has 0 spiro atoms. The van der Waals surface area contributed by atoms with Gasteiger partial charge in [0.25, 0.3) is 5.91 Å². The highest BCUT2D eigenvalue weighted by atomic mass is 32.1. The van der Waals surface area contributed by atoms with Crippen LogP contribution in [0.25, 0.3) is 11.0 Å². The minimum absolute atomic E-state index is 0.106. The van der Waals surface area contributed by atoms with Crippen molar-refractivity contribution in [2.24, 2.45) is 7.05 Å². The summed E-state index contributed by atoms with van der Waals surface area (Å²) in [6, 6.07) is 5.57. The van der Waals surface area contributed by atoms with Crippen LogP contribution in [0.1, 0.15) is 22.5 Å². The Morgan fingerprint density at radius 1 is 1.46 bits per heavy atom. The lowest BCUT2D eigenvalue weighted by Gasteiger charge is -2.16. The second-order valence-electron chi connectivity index (χ2n) is 6.55. The average Bonchev–Trinajstić information content (AvgIpc) is 3.36. The van der Waals surface area contributed by atoms with Gasteiger partial charge >= 0.3 is 0 Å². The van der Waals surface area contributed by atoms with Gasteiger partial charge < -0.3 is 19.9 Å². The zero-order valence-electron chi connectivity index (χ0n) is 14.6. The molecule has 2 N–H and O–H groups in total. The Labute approximate surface area is 155 Å². The van der Waals surface area contributed by atoms with Crippen LogP contribution < -0.4 is 10.2 Å². The van der Waals surface area contributed by atoms with E-state index in [9.17, 15) is 9.90 Å². The van der Waals surface area contributed by atoms with Gasteiger partial charge in [-0.1, -0.05) is 0 Å². The Balaban J connectivity index is 1.49. The molecule has 0 saturated carbocycles. The van der Waals surface area contributed by atoms with Crippen LogP contribution in [0.3, 0.4) is 0 Å². The maximum Gasteiger partial charge on any atom is 0.251 e. The molecule has 2 aromatic heterocycles. The summed E-state index contributed by atoms with van der Waals surface area (Å²) in [7, 11) is 1.96. The fourth-order valence-corrected chi connectivity index (χ4v) is 3.89. The Hall–Kier alpha value is -2.45. The van der Waals surface area contributed by atoms with E-state index in [1.165, 1.54) is 0 Å². The van der Waals surface area contributed by atoms with Crippen molar-refractivity contribution in [2.45, 2.75) is 18.9 Å². The third-order valence-electron chi connectivity index (χ3n) is 4.72. The molecule has 1 atom stereocenters. The Bertz CT molecular complexity index is 921. The van der Waals surface area contributed by atoms with Crippen molar-refractivity contribution in [1.82, 2.24) is 19.9 Å². The summed E-state index contributed by atoms with van der Waals surface area (Å²) in [5.41, 5.74) is 5.15. The van der Waals surface area contributed by atoms with E-state index in [2.05, 4.69) is 20.2 Å². The van der Waals surface area contributed by atoms with E-state index in [4.69, 9.17) is 0 Å². The molecular weight excluding hydrogens is 350 g/mol. The molecule has 0 bridgehead atoms. The molecule has 4 rings (SSSR count). The predicted molar refractivity (Wildman–Crippen MR) is 102 cm³/mol. The number of carbonyl (C=O) groups is 1. The molecule has 26 heavy (non-hydrogen) atoms. The monoisotopic (exact) mass is 371 g/mol. The smallest absolute Gasteiger partial charge is 0.251 e. The van der Waals surface area contributed by atoms with Gasteiger partial charge in [0, 0.05) is 44.0 Å². The number of rotatable bonds is 5. The zero-order valence-corrected chi connectivity index (χ0v) is 15.4. The average molecular weight is 371 g/mol. The van der Waals surface area contributed by atoms with Gasteiger partial charge in [-0.3, -0.25) is 4.79 Å². The Kier molecular flexibility index (Phi) is 4.60. The van der Waals surface area contributed by atoms with Crippen LogP contribution in [0.15, 0.2) is 29.1 Å². The number of hydrogen-bond donors (Lipinski definition) is 2. The molecule has 1 amide bonds. The van der Waals surface area contributed by atoms with Crippen LogP contribution in [-0.2, 0) is 13.5 Å². The van der Waals surface area contributed by atoms with Crippen molar-refractivity contribution in [1.29, 1.82) is 0 Å². The number of β-amino-alcohol motifs (C(OH)–C–C–N with tert-alkyl or cyclic N) is 1. The third-order valence-corrected chi connectivity index (χ3v) is 5.35. The van der Waals surface area contributed by atoms with Gasteiger partial charge in [-0.25, -0.2) is 9.97 Å². The molecule has 0 unspecified atom stereocenters. The van der Waals surface area contributed by atoms with Crippen molar-refractivity contribution in [3.8, 4) is 0 Å². The highest BCUT2D eigenvalue weighted by Crippen LogP contribution is 2.25. The van der Waals surface area contributed by atoms with Gasteiger partial charge in [0.15, 0.2) is 0 Å². The molecule has 1 saturated heterocycles. The predicted octanol–water partition coefficient (Wildman–Crippen LogP) is 1.57. The minimum Gasteiger partial charge on any atom is -0.391 e. The summed E-state index contributed by atoms with van der Waals surface area (Å²) in [6.45, 7) is 1.95. The molecule has 1 aromatic carbocycles. The van der Waals surface area contributed by atoms with E-state index in [1.54, 1.807) is 16.8 Å². The van der Waals surface area contributed by atoms with Gasteiger partial charge in [-0.2, -0.15) is 0 Å². The van der Waals surface area contributed by atoms with E-state index in [1.807, 2.05) is 35.2 Å². The summed E-state index contributed by atoms with van der Waals surface area (Å²) >= 11 is 1.56. The number of hydrogen-bond acceptors (Lipinski definition) is 6. The third kappa shape index (κ3) is 3.30. The molecule has 0 aliphatic carbocycles. The number of benzene rings is 1. The first-order chi connectivity index (χ1) is 12.6. The first-order valence-corrected chi connectivity index (χ1v) is 9.61. The first-order valence-electron chi connectivity index (χ1n) is 8.66. The summed E-state index contributed by atoms with van der Waals surface area (Å²) in [5, 5.41) is 14.7. The van der Waals surface area contributed by atoms with Crippen LogP contribution in [0.4, 0.5) is 5.95 Å². The van der Waals surface area contributed by atoms with E-state index in [0.29, 0.717) is 18.7 Å². The fraction of sp³-hybridized carbons (Fsp3) is 0.389. The van der Waals surface area contributed by atoms with Crippen molar-refractivity contribution < 1.29 is 9.90 Å². The maximum absolute atomic E-state index is 12.4. The van der Waals surface area contributed by atoms with Crippen molar-refractivity contribution in [2.75, 3.05) is 24.5 Å². The number of thiazole rings is 1. The van der Waals surface area contributed by atoms with Crippen LogP contribution in [0, 0.1) is 0 Å². The standard InChI is InChI=1S/C18H21N5O2S/c1-22-16-3-2-12(17(25)19-6-4-13-10-26-11-20-13)8-15(16)21-18(22)23-7-5-14(24)9-23/h2-3,8,10-11,14,24H,4-7,9H2,1H3,(H,19,25)/t14-/m0/s1. The number of aryl methyl sites for hydroxylation is 1. The highest BCUT2D eigenvalue weighted by molar-refractivity contribution is 7.07. The number of imidazole rings is 1. The normalized spacial score (nSPS) is 17.2. The molecule has 1 aliphatic rings. The van der Waals surface area contributed by atoms with Gasteiger partial charge in [0.05, 0.1) is 28.3 Å². The number of aromatic nitrogens is 3. The zero-order chi connectivity index (χ0) is 18.1. The SMILES string of the molecule is Cn1c(N2CC[C@H](O)C2)nc2cc(C(=O)NCCc3cscn3)ccc21. The molecular formula is C18H21N5O2S. The van der Waals surface area contributed by atoms with Gasteiger partial charge in [0.2, 0.25) is 5.95 Å². The van der Waals surface area contributed by atoms with E-state index in [0.717, 1.165) is 42.1 Å². The number of anilines is 1. The highest BCUT2D eigenvalue weighted by Gasteiger charge is 2.24. The Morgan fingerprint density at radius 2 is 2.35 bits per heavy atom. The van der Waals surface area contributed by atoms with Crippen LogP contribution >= 0.6 is 11.3 Å². The second kappa shape index (κ2) is 7.05. The lowest BCUT2D eigenvalue weighted by Crippen LogP contribution is -2.25. The number of amides is 1. The number of fused-ring (bicyclic) bond motifs is 1. The number of aliphatic hydroxyl groups is 1. The minimum atomic E-state index is -0.297. The Morgan fingerprint density at radius 3 is 3.08 bits per heavy atom. The molecule has 136 valence electrons. The second-order valence-corrected chi connectivity index (χ2v) is 7.27. The lowest BCUT2D eigenvalue weighted by atomic mass is 10.2. The van der Waals surface area contributed by atoms with Crippen molar-refractivity contribution >= 4 is 34.2 Å². The van der Waals surface area contributed by atoms with Crippen LogP contribution in [0.2, 0.25) is 0 Å². The molecule has 1 aliphatic heterocycles. The quantitative estimate of drug-likeness (QED) is 0.711. The van der Waals surface area contributed by atoms with Crippen LogP contribution in [-0.4, -0.2) is 51.3 Å². The van der Waals surface area contributed by atoms with Crippen molar-refractivity contribution in [3.05, 3.63) is 40.3 Å². The number of nitrogens with zero attached hydrogens (tertiary/aromatic N) is 4. The summed E-state index contributed by atoms with van der Waals surface area (Å²) in [5.74, 6) is 0.726. The fourth-order valence-electron chi connectivity index (χ4n) is 3.30. The summed E-state index contributed by atoms with van der Waals surface area (Å²) < 4.78 is 2.01. The summed E-state index contributed by atoms with van der Waals surface area (Å²) in [4.78, 5) is 23.4. The topological polar surface area (TPSA) is 83.3 Å². The van der Waals surface area contributed by atoms with E-state index in [-0.39, 0.29) is 12.0 Å². The maximum atomic E-state index is 12.4. The number of aliphatic hydroxyl groups excluding tert-OH is 1.